The average molecular weight is 254 g/mol. The van der Waals surface area contributed by atoms with Crippen molar-refractivity contribution in [1.82, 2.24) is 9.97 Å². The van der Waals surface area contributed by atoms with Crippen LogP contribution in [0.4, 0.5) is 0 Å². The lowest BCUT2D eigenvalue weighted by Gasteiger charge is -2.03. The van der Waals surface area contributed by atoms with Crippen molar-refractivity contribution in [2.45, 2.75) is 6.92 Å². The maximum absolute atomic E-state index is 10.7. The number of fused-ring (bicyclic) bond motifs is 1. The molecule has 0 radical (unpaired) electrons. The summed E-state index contributed by atoms with van der Waals surface area (Å²) in [5.41, 5.74) is 2.94. The zero-order valence-electron chi connectivity index (χ0n) is 9.75. The summed E-state index contributed by atoms with van der Waals surface area (Å²) < 4.78 is 0. The number of aromatic nitrogens is 2. The first-order chi connectivity index (χ1) is 8.78. The molecule has 4 heteroatoms. The second-order valence-electron chi connectivity index (χ2n) is 4.03. The highest BCUT2D eigenvalue weighted by Gasteiger charge is 2.08. The molecule has 0 amide bonds. The van der Waals surface area contributed by atoms with Crippen LogP contribution in [0.15, 0.2) is 36.5 Å². The summed E-state index contributed by atoms with van der Waals surface area (Å²) in [5.74, 6) is 0. The Morgan fingerprint density at radius 3 is 2.89 bits per heavy atom. The van der Waals surface area contributed by atoms with E-state index in [2.05, 4.69) is 23.0 Å². The Morgan fingerprint density at radius 2 is 2.11 bits per heavy atom. The van der Waals surface area contributed by atoms with E-state index in [0.717, 1.165) is 27.9 Å². The molecule has 0 aliphatic rings. The molecule has 0 bridgehead atoms. The summed E-state index contributed by atoms with van der Waals surface area (Å²) in [6.07, 6.45) is 2.40. The highest BCUT2D eigenvalue weighted by molar-refractivity contribution is 7.16. The van der Waals surface area contributed by atoms with Gasteiger partial charge < -0.3 is 0 Å². The van der Waals surface area contributed by atoms with Crippen LogP contribution in [0.1, 0.15) is 15.2 Å². The monoisotopic (exact) mass is 254 g/mol. The SMILES string of the molecule is Cc1cc(-c2ncc(C=O)s2)nc2ccccc12. The highest BCUT2D eigenvalue weighted by Crippen LogP contribution is 2.26. The maximum atomic E-state index is 10.7. The van der Waals surface area contributed by atoms with Crippen molar-refractivity contribution in [3.05, 3.63) is 47.0 Å². The maximum Gasteiger partial charge on any atom is 0.161 e. The molecule has 18 heavy (non-hydrogen) atoms. The van der Waals surface area contributed by atoms with Gasteiger partial charge in [-0.3, -0.25) is 4.79 Å². The number of hydrogen-bond donors (Lipinski definition) is 0. The molecule has 0 saturated carbocycles. The largest absolute Gasteiger partial charge is 0.297 e. The Bertz CT molecular complexity index is 733. The third-order valence-electron chi connectivity index (χ3n) is 2.78. The number of aldehydes is 1. The van der Waals surface area contributed by atoms with Crippen LogP contribution in [0.25, 0.3) is 21.6 Å². The first kappa shape index (κ1) is 11.0. The topological polar surface area (TPSA) is 42.9 Å². The normalized spacial score (nSPS) is 10.7. The Balaban J connectivity index is 2.20. The van der Waals surface area contributed by atoms with Gasteiger partial charge in [0.15, 0.2) is 6.29 Å². The van der Waals surface area contributed by atoms with Gasteiger partial charge >= 0.3 is 0 Å². The number of carbonyl (C=O) groups excluding carboxylic acids is 1. The lowest BCUT2D eigenvalue weighted by Crippen LogP contribution is -1.87. The summed E-state index contributed by atoms with van der Waals surface area (Å²) in [6.45, 7) is 2.06. The Hall–Kier alpha value is -2.07. The highest BCUT2D eigenvalue weighted by atomic mass is 32.1. The number of nitrogens with zero attached hydrogens (tertiary/aromatic N) is 2. The van der Waals surface area contributed by atoms with Gasteiger partial charge in [-0.1, -0.05) is 18.2 Å². The van der Waals surface area contributed by atoms with E-state index in [9.17, 15) is 4.79 Å². The van der Waals surface area contributed by atoms with Gasteiger partial charge in [0.25, 0.3) is 0 Å². The number of carbonyl (C=O) groups is 1. The Morgan fingerprint density at radius 1 is 1.28 bits per heavy atom. The molecule has 0 N–H and O–H groups in total. The van der Waals surface area contributed by atoms with E-state index >= 15 is 0 Å². The number of para-hydroxylation sites is 1. The van der Waals surface area contributed by atoms with Crippen molar-refractivity contribution >= 4 is 28.5 Å². The molecule has 0 aliphatic heterocycles. The third kappa shape index (κ3) is 1.80. The second kappa shape index (κ2) is 4.31. The standard InChI is InChI=1S/C14H10N2OS/c1-9-6-13(14-15-7-10(8-17)18-14)16-12-5-3-2-4-11(9)12/h2-8H,1H3. The van der Waals surface area contributed by atoms with Crippen LogP contribution in [0, 0.1) is 6.92 Å². The molecule has 88 valence electrons. The van der Waals surface area contributed by atoms with Crippen molar-refractivity contribution in [1.29, 1.82) is 0 Å². The lowest BCUT2D eigenvalue weighted by atomic mass is 10.1. The molecule has 2 heterocycles. The lowest BCUT2D eigenvalue weighted by molar-refractivity contribution is 0.112. The van der Waals surface area contributed by atoms with E-state index in [4.69, 9.17) is 0 Å². The first-order valence-corrected chi connectivity index (χ1v) is 6.37. The van der Waals surface area contributed by atoms with Gasteiger partial charge in [0.05, 0.1) is 16.1 Å². The molecule has 0 unspecified atom stereocenters. The van der Waals surface area contributed by atoms with Crippen LogP contribution in [0.5, 0.6) is 0 Å². The van der Waals surface area contributed by atoms with Gasteiger partial charge in [0, 0.05) is 11.6 Å². The van der Waals surface area contributed by atoms with Gasteiger partial charge in [-0.25, -0.2) is 9.97 Å². The Labute approximate surface area is 108 Å². The van der Waals surface area contributed by atoms with Crippen molar-refractivity contribution < 1.29 is 4.79 Å². The van der Waals surface area contributed by atoms with E-state index in [-0.39, 0.29) is 0 Å². The van der Waals surface area contributed by atoms with Crippen molar-refractivity contribution in [3.63, 3.8) is 0 Å². The summed E-state index contributed by atoms with van der Waals surface area (Å²) in [5, 5.41) is 1.93. The van der Waals surface area contributed by atoms with Crippen molar-refractivity contribution in [2.75, 3.05) is 0 Å². The van der Waals surface area contributed by atoms with Gasteiger partial charge in [-0.15, -0.1) is 11.3 Å². The molecular formula is C14H10N2OS. The number of pyridine rings is 1. The fourth-order valence-corrected chi connectivity index (χ4v) is 2.61. The van der Waals surface area contributed by atoms with Crippen LogP contribution < -0.4 is 0 Å². The van der Waals surface area contributed by atoms with Gasteiger partial charge in [0.2, 0.25) is 0 Å². The predicted octanol–water partition coefficient (Wildman–Crippen LogP) is 3.48. The fourth-order valence-electron chi connectivity index (χ4n) is 1.92. The van der Waals surface area contributed by atoms with Crippen LogP contribution in [0.2, 0.25) is 0 Å². The summed E-state index contributed by atoms with van der Waals surface area (Å²) in [4.78, 5) is 20.1. The number of benzene rings is 1. The van der Waals surface area contributed by atoms with E-state index in [0.29, 0.717) is 4.88 Å². The number of rotatable bonds is 2. The summed E-state index contributed by atoms with van der Waals surface area (Å²) >= 11 is 1.36. The minimum Gasteiger partial charge on any atom is -0.297 e. The van der Waals surface area contributed by atoms with Gasteiger partial charge in [0.1, 0.15) is 5.01 Å². The molecule has 1 aromatic carbocycles. The van der Waals surface area contributed by atoms with Crippen LogP contribution in [0.3, 0.4) is 0 Å². The summed E-state index contributed by atoms with van der Waals surface area (Å²) in [6, 6.07) is 10.0. The number of hydrogen-bond acceptors (Lipinski definition) is 4. The van der Waals surface area contributed by atoms with Crippen molar-refractivity contribution in [2.24, 2.45) is 0 Å². The Kier molecular flexibility index (Phi) is 2.64. The molecule has 0 aliphatic carbocycles. The van der Waals surface area contributed by atoms with Crippen LogP contribution >= 0.6 is 11.3 Å². The molecule has 0 atom stereocenters. The van der Waals surface area contributed by atoms with Crippen LogP contribution in [-0.2, 0) is 0 Å². The molecule has 0 fully saturated rings. The molecule has 0 saturated heterocycles. The van der Waals surface area contributed by atoms with E-state index in [1.54, 1.807) is 6.20 Å². The number of aryl methyl sites for hydroxylation is 1. The fraction of sp³-hybridized carbons (Fsp3) is 0.0714. The molecule has 3 nitrogen and oxygen atoms in total. The van der Waals surface area contributed by atoms with Crippen LogP contribution in [-0.4, -0.2) is 16.3 Å². The van der Waals surface area contributed by atoms with E-state index < -0.39 is 0 Å². The predicted molar refractivity (Wildman–Crippen MR) is 73.0 cm³/mol. The minimum atomic E-state index is 0.623. The molecule has 2 aromatic heterocycles. The zero-order valence-corrected chi connectivity index (χ0v) is 10.6. The van der Waals surface area contributed by atoms with Crippen molar-refractivity contribution in [3.8, 4) is 10.7 Å². The van der Waals surface area contributed by atoms with Gasteiger partial charge in [-0.05, 0) is 24.6 Å². The zero-order chi connectivity index (χ0) is 12.5. The van der Waals surface area contributed by atoms with Gasteiger partial charge in [-0.2, -0.15) is 0 Å². The third-order valence-corrected chi connectivity index (χ3v) is 3.73. The molecular weight excluding hydrogens is 244 g/mol. The van der Waals surface area contributed by atoms with E-state index in [1.165, 1.54) is 16.9 Å². The molecule has 0 spiro atoms. The molecule has 3 aromatic rings. The number of thiazole rings is 1. The molecule has 3 rings (SSSR count). The minimum absolute atomic E-state index is 0.623. The first-order valence-electron chi connectivity index (χ1n) is 5.56. The van der Waals surface area contributed by atoms with E-state index in [1.807, 2.05) is 24.3 Å². The smallest absolute Gasteiger partial charge is 0.161 e. The summed E-state index contributed by atoms with van der Waals surface area (Å²) in [7, 11) is 0. The average Bonchev–Trinajstić information content (AvgIpc) is 2.87. The quantitative estimate of drug-likeness (QED) is 0.657. The second-order valence-corrected chi connectivity index (χ2v) is 5.09.